The lowest BCUT2D eigenvalue weighted by Crippen LogP contribution is -2.17. The molecule has 1 unspecified atom stereocenters. The maximum Gasteiger partial charge on any atom is 0.0879 e. The SMILES string of the molecule is CC(C)C1=COCCC1CCC1=CCOCC1. The minimum atomic E-state index is 0.615. The highest BCUT2D eigenvalue weighted by Gasteiger charge is 2.21. The van der Waals surface area contributed by atoms with Gasteiger partial charge in [-0.3, -0.25) is 0 Å². The Hall–Kier alpha value is -0.760. The van der Waals surface area contributed by atoms with Crippen LogP contribution in [0.2, 0.25) is 0 Å². The summed E-state index contributed by atoms with van der Waals surface area (Å²) in [4.78, 5) is 0. The number of ether oxygens (including phenoxy) is 2. The molecular weight excluding hydrogens is 212 g/mol. The van der Waals surface area contributed by atoms with Crippen LogP contribution in [0.15, 0.2) is 23.5 Å². The summed E-state index contributed by atoms with van der Waals surface area (Å²) in [5.41, 5.74) is 3.09. The predicted octanol–water partition coefficient (Wildman–Crippen LogP) is 3.69. The molecule has 2 heteroatoms. The van der Waals surface area contributed by atoms with Crippen LogP contribution in [0.5, 0.6) is 0 Å². The van der Waals surface area contributed by atoms with Crippen molar-refractivity contribution in [1.82, 2.24) is 0 Å². The molecule has 0 bridgehead atoms. The lowest BCUT2D eigenvalue weighted by Gasteiger charge is -2.27. The van der Waals surface area contributed by atoms with Gasteiger partial charge in [-0.05, 0) is 43.1 Å². The number of hydrogen-bond acceptors (Lipinski definition) is 2. The van der Waals surface area contributed by atoms with Crippen molar-refractivity contribution >= 4 is 0 Å². The first-order chi connectivity index (χ1) is 8.27. The van der Waals surface area contributed by atoms with E-state index in [1.165, 1.54) is 24.8 Å². The fourth-order valence-electron chi connectivity index (χ4n) is 2.70. The van der Waals surface area contributed by atoms with Crippen LogP contribution in [-0.2, 0) is 9.47 Å². The van der Waals surface area contributed by atoms with Crippen molar-refractivity contribution in [3.8, 4) is 0 Å². The molecule has 2 aliphatic rings. The largest absolute Gasteiger partial charge is 0.501 e. The Morgan fingerprint density at radius 1 is 1.35 bits per heavy atom. The molecule has 2 heterocycles. The molecule has 0 N–H and O–H groups in total. The first kappa shape index (κ1) is 12.7. The van der Waals surface area contributed by atoms with Gasteiger partial charge in [-0.15, -0.1) is 0 Å². The van der Waals surface area contributed by atoms with Crippen molar-refractivity contribution in [1.29, 1.82) is 0 Å². The summed E-state index contributed by atoms with van der Waals surface area (Å²) in [5.74, 6) is 1.34. The lowest BCUT2D eigenvalue weighted by atomic mass is 9.83. The smallest absolute Gasteiger partial charge is 0.0879 e. The predicted molar refractivity (Wildman–Crippen MR) is 69.7 cm³/mol. The zero-order valence-electron chi connectivity index (χ0n) is 11.1. The van der Waals surface area contributed by atoms with E-state index in [2.05, 4.69) is 19.9 Å². The molecule has 2 aliphatic heterocycles. The number of allylic oxidation sites excluding steroid dienone is 1. The van der Waals surface area contributed by atoms with Crippen LogP contribution in [0.25, 0.3) is 0 Å². The minimum Gasteiger partial charge on any atom is -0.501 e. The molecule has 0 fully saturated rings. The lowest BCUT2D eigenvalue weighted by molar-refractivity contribution is 0.152. The van der Waals surface area contributed by atoms with Gasteiger partial charge in [-0.25, -0.2) is 0 Å². The quantitative estimate of drug-likeness (QED) is 0.693. The summed E-state index contributed by atoms with van der Waals surface area (Å²) < 4.78 is 10.8. The Kier molecular flexibility index (Phi) is 4.66. The second-order valence-electron chi connectivity index (χ2n) is 5.35. The molecule has 96 valence electrons. The Morgan fingerprint density at radius 2 is 2.24 bits per heavy atom. The zero-order valence-corrected chi connectivity index (χ0v) is 11.1. The summed E-state index contributed by atoms with van der Waals surface area (Å²) in [7, 11) is 0. The second kappa shape index (κ2) is 6.25. The standard InChI is InChI=1S/C15H24O2/c1-12(2)15-11-17-10-7-14(15)4-3-13-5-8-16-9-6-13/h5,11-12,14H,3-4,6-10H2,1-2H3. The summed E-state index contributed by atoms with van der Waals surface area (Å²) >= 11 is 0. The van der Waals surface area contributed by atoms with Crippen LogP contribution < -0.4 is 0 Å². The fraction of sp³-hybridized carbons (Fsp3) is 0.733. The molecule has 0 aromatic carbocycles. The topological polar surface area (TPSA) is 18.5 Å². The highest BCUT2D eigenvalue weighted by atomic mass is 16.5. The first-order valence-electron chi connectivity index (χ1n) is 6.84. The van der Waals surface area contributed by atoms with Gasteiger partial charge in [0.15, 0.2) is 0 Å². The van der Waals surface area contributed by atoms with E-state index in [-0.39, 0.29) is 0 Å². The van der Waals surface area contributed by atoms with Gasteiger partial charge < -0.3 is 9.47 Å². The average Bonchev–Trinajstić information content (AvgIpc) is 2.38. The molecule has 2 nitrogen and oxygen atoms in total. The van der Waals surface area contributed by atoms with Crippen LogP contribution in [0.4, 0.5) is 0 Å². The van der Waals surface area contributed by atoms with Gasteiger partial charge in [-0.2, -0.15) is 0 Å². The van der Waals surface area contributed by atoms with E-state index in [0.29, 0.717) is 5.92 Å². The van der Waals surface area contributed by atoms with Crippen LogP contribution in [0.1, 0.15) is 39.5 Å². The van der Waals surface area contributed by atoms with E-state index in [9.17, 15) is 0 Å². The number of hydrogen-bond donors (Lipinski definition) is 0. The van der Waals surface area contributed by atoms with Gasteiger partial charge >= 0.3 is 0 Å². The molecular formula is C15H24O2. The van der Waals surface area contributed by atoms with Gasteiger partial charge in [0.2, 0.25) is 0 Å². The maximum absolute atomic E-state index is 5.47. The van der Waals surface area contributed by atoms with Crippen molar-refractivity contribution in [2.24, 2.45) is 11.8 Å². The second-order valence-corrected chi connectivity index (χ2v) is 5.35. The third kappa shape index (κ3) is 3.60. The third-order valence-corrected chi connectivity index (χ3v) is 3.81. The van der Waals surface area contributed by atoms with E-state index in [1.54, 1.807) is 5.57 Å². The summed E-state index contributed by atoms with van der Waals surface area (Å²) in [6, 6.07) is 0. The molecule has 0 amide bonds. The zero-order chi connectivity index (χ0) is 12.1. The first-order valence-corrected chi connectivity index (χ1v) is 6.84. The maximum atomic E-state index is 5.47. The normalized spacial score (nSPS) is 25.2. The monoisotopic (exact) mass is 236 g/mol. The molecule has 0 aromatic rings. The molecule has 17 heavy (non-hydrogen) atoms. The molecule has 0 saturated carbocycles. The van der Waals surface area contributed by atoms with Gasteiger partial charge in [-0.1, -0.05) is 25.5 Å². The van der Waals surface area contributed by atoms with Crippen LogP contribution in [-0.4, -0.2) is 19.8 Å². The molecule has 1 atom stereocenters. The average molecular weight is 236 g/mol. The van der Waals surface area contributed by atoms with Gasteiger partial charge in [0.25, 0.3) is 0 Å². The molecule has 0 aromatic heterocycles. The fourth-order valence-corrected chi connectivity index (χ4v) is 2.70. The highest BCUT2D eigenvalue weighted by Crippen LogP contribution is 2.32. The molecule has 2 rings (SSSR count). The van der Waals surface area contributed by atoms with Gasteiger partial charge in [0.1, 0.15) is 0 Å². The molecule has 0 radical (unpaired) electrons. The van der Waals surface area contributed by atoms with Crippen LogP contribution >= 0.6 is 0 Å². The van der Waals surface area contributed by atoms with Crippen molar-refractivity contribution < 1.29 is 9.47 Å². The van der Waals surface area contributed by atoms with Crippen molar-refractivity contribution in [2.75, 3.05) is 19.8 Å². The minimum absolute atomic E-state index is 0.615. The van der Waals surface area contributed by atoms with E-state index >= 15 is 0 Å². The Morgan fingerprint density at radius 3 is 2.94 bits per heavy atom. The van der Waals surface area contributed by atoms with Crippen molar-refractivity contribution in [3.63, 3.8) is 0 Å². The Labute approximate surface area is 105 Å². The summed E-state index contributed by atoms with van der Waals surface area (Å²) in [5, 5.41) is 0. The number of rotatable bonds is 4. The van der Waals surface area contributed by atoms with E-state index in [0.717, 1.165) is 32.2 Å². The Balaban J connectivity index is 1.86. The molecule has 0 spiro atoms. The van der Waals surface area contributed by atoms with Gasteiger partial charge in [0, 0.05) is 0 Å². The molecule has 0 aliphatic carbocycles. The third-order valence-electron chi connectivity index (χ3n) is 3.81. The Bertz CT molecular complexity index is 302. The van der Waals surface area contributed by atoms with E-state index < -0.39 is 0 Å². The highest BCUT2D eigenvalue weighted by molar-refractivity contribution is 5.11. The molecule has 0 saturated heterocycles. The van der Waals surface area contributed by atoms with Crippen LogP contribution in [0.3, 0.4) is 0 Å². The van der Waals surface area contributed by atoms with Gasteiger partial charge in [0.05, 0.1) is 26.1 Å². The van der Waals surface area contributed by atoms with Crippen molar-refractivity contribution in [2.45, 2.75) is 39.5 Å². The van der Waals surface area contributed by atoms with E-state index in [1.807, 2.05) is 6.26 Å². The van der Waals surface area contributed by atoms with Crippen LogP contribution in [0, 0.1) is 11.8 Å². The summed E-state index contributed by atoms with van der Waals surface area (Å²) in [6.07, 6.45) is 9.10. The van der Waals surface area contributed by atoms with Crippen molar-refractivity contribution in [3.05, 3.63) is 23.5 Å². The van der Waals surface area contributed by atoms with E-state index in [4.69, 9.17) is 9.47 Å². The summed E-state index contributed by atoms with van der Waals surface area (Å²) in [6.45, 7) is 7.15.